The standard InChI is InChI=1S/C21H38O/c1-20(2,17-12-18-21(3,4)22)16-11-6-5-8-13-19-14-9-7-10-15-19/h5,8,13,22H,6-7,9-12,14-18H2,1-4H3. The first-order chi connectivity index (χ1) is 10.3. The Hall–Kier alpha value is -0.560. The molecule has 1 rings (SSSR count). The van der Waals surface area contributed by atoms with Gasteiger partial charge in [0.1, 0.15) is 0 Å². The molecule has 0 amide bonds. The maximum Gasteiger partial charge on any atom is 0.0591 e. The van der Waals surface area contributed by atoms with E-state index in [-0.39, 0.29) is 0 Å². The lowest BCUT2D eigenvalue weighted by Crippen LogP contribution is -2.20. The molecule has 1 aliphatic carbocycles. The molecule has 0 aromatic heterocycles. The second kappa shape index (κ2) is 9.55. The minimum Gasteiger partial charge on any atom is -0.390 e. The van der Waals surface area contributed by atoms with Crippen LogP contribution in [0, 0.1) is 5.41 Å². The molecule has 1 nitrogen and oxygen atoms in total. The Bertz CT molecular complexity index is 347. The van der Waals surface area contributed by atoms with E-state index in [1.807, 2.05) is 13.8 Å². The fourth-order valence-corrected chi connectivity index (χ4v) is 3.30. The zero-order valence-corrected chi connectivity index (χ0v) is 15.5. The summed E-state index contributed by atoms with van der Waals surface area (Å²) < 4.78 is 0. The normalized spacial score (nSPS) is 17.2. The van der Waals surface area contributed by atoms with Crippen LogP contribution in [0.15, 0.2) is 23.8 Å². The Kier molecular flexibility index (Phi) is 8.46. The molecular weight excluding hydrogens is 268 g/mol. The lowest BCUT2D eigenvalue weighted by atomic mass is 9.81. The molecule has 22 heavy (non-hydrogen) atoms. The molecule has 1 aliphatic rings. The fraction of sp³-hybridized carbons (Fsp3) is 0.810. The zero-order valence-electron chi connectivity index (χ0n) is 15.5. The summed E-state index contributed by atoms with van der Waals surface area (Å²) in [5, 5.41) is 9.78. The van der Waals surface area contributed by atoms with E-state index < -0.39 is 5.60 Å². The van der Waals surface area contributed by atoms with Crippen molar-refractivity contribution in [3.05, 3.63) is 23.8 Å². The van der Waals surface area contributed by atoms with Crippen LogP contribution in [0.3, 0.4) is 0 Å². The number of allylic oxidation sites excluding steroid dienone is 4. The van der Waals surface area contributed by atoms with Gasteiger partial charge in [-0.3, -0.25) is 0 Å². The average Bonchev–Trinajstić information content (AvgIpc) is 2.42. The molecule has 0 aromatic carbocycles. The van der Waals surface area contributed by atoms with Crippen LogP contribution in [-0.2, 0) is 0 Å². The molecule has 1 N–H and O–H groups in total. The van der Waals surface area contributed by atoms with Gasteiger partial charge in [0.05, 0.1) is 5.60 Å². The minimum atomic E-state index is -0.508. The summed E-state index contributed by atoms with van der Waals surface area (Å²) >= 11 is 0. The van der Waals surface area contributed by atoms with Gasteiger partial charge < -0.3 is 5.11 Å². The van der Waals surface area contributed by atoms with Crippen molar-refractivity contribution in [1.82, 2.24) is 0 Å². The molecular formula is C21H38O. The monoisotopic (exact) mass is 306 g/mol. The maximum atomic E-state index is 9.78. The van der Waals surface area contributed by atoms with E-state index in [4.69, 9.17) is 0 Å². The third-order valence-corrected chi connectivity index (χ3v) is 4.83. The molecule has 0 unspecified atom stereocenters. The van der Waals surface area contributed by atoms with Crippen molar-refractivity contribution in [1.29, 1.82) is 0 Å². The van der Waals surface area contributed by atoms with Crippen molar-refractivity contribution in [2.24, 2.45) is 5.41 Å². The van der Waals surface area contributed by atoms with Crippen LogP contribution in [0.5, 0.6) is 0 Å². The van der Waals surface area contributed by atoms with Gasteiger partial charge in [-0.1, -0.05) is 50.5 Å². The Balaban J connectivity index is 2.14. The summed E-state index contributed by atoms with van der Waals surface area (Å²) in [5.74, 6) is 0. The third-order valence-electron chi connectivity index (χ3n) is 4.83. The molecule has 0 spiro atoms. The Morgan fingerprint density at radius 1 is 0.909 bits per heavy atom. The Labute approximate surface area is 138 Å². The maximum absolute atomic E-state index is 9.78. The summed E-state index contributed by atoms with van der Waals surface area (Å²) in [6, 6.07) is 0. The SMILES string of the molecule is CC(C)(O)CCCC(C)(C)CCCC=CC=C1CCCCC1. The lowest BCUT2D eigenvalue weighted by Gasteiger charge is -2.26. The number of hydrogen-bond acceptors (Lipinski definition) is 1. The van der Waals surface area contributed by atoms with Crippen LogP contribution in [0.25, 0.3) is 0 Å². The Morgan fingerprint density at radius 3 is 2.18 bits per heavy atom. The average molecular weight is 307 g/mol. The number of unbranched alkanes of at least 4 members (excludes halogenated alkanes) is 1. The van der Waals surface area contributed by atoms with Crippen LogP contribution in [0.1, 0.15) is 98.3 Å². The van der Waals surface area contributed by atoms with Gasteiger partial charge in [0, 0.05) is 0 Å². The smallest absolute Gasteiger partial charge is 0.0591 e. The largest absolute Gasteiger partial charge is 0.390 e. The molecule has 0 heterocycles. The molecule has 0 aliphatic heterocycles. The van der Waals surface area contributed by atoms with Gasteiger partial charge in [-0.05, 0) is 77.0 Å². The zero-order chi connectivity index (χ0) is 16.5. The molecule has 0 bridgehead atoms. The third kappa shape index (κ3) is 10.2. The van der Waals surface area contributed by atoms with Gasteiger partial charge in [0.15, 0.2) is 0 Å². The van der Waals surface area contributed by atoms with E-state index in [0.717, 1.165) is 12.8 Å². The molecule has 0 saturated heterocycles. The van der Waals surface area contributed by atoms with E-state index in [2.05, 4.69) is 32.1 Å². The van der Waals surface area contributed by atoms with Crippen molar-refractivity contribution in [2.75, 3.05) is 0 Å². The van der Waals surface area contributed by atoms with E-state index in [9.17, 15) is 5.11 Å². The van der Waals surface area contributed by atoms with Crippen LogP contribution in [0.2, 0.25) is 0 Å². The summed E-state index contributed by atoms with van der Waals surface area (Å²) in [4.78, 5) is 0. The fourth-order valence-electron chi connectivity index (χ4n) is 3.30. The van der Waals surface area contributed by atoms with E-state index in [1.54, 1.807) is 5.57 Å². The summed E-state index contributed by atoms with van der Waals surface area (Å²) in [6.07, 6.45) is 20.8. The Morgan fingerprint density at radius 2 is 1.55 bits per heavy atom. The van der Waals surface area contributed by atoms with Crippen LogP contribution < -0.4 is 0 Å². The van der Waals surface area contributed by atoms with Gasteiger partial charge >= 0.3 is 0 Å². The summed E-state index contributed by atoms with van der Waals surface area (Å²) in [5.41, 5.74) is 1.54. The van der Waals surface area contributed by atoms with Crippen LogP contribution in [0.4, 0.5) is 0 Å². The molecule has 0 atom stereocenters. The van der Waals surface area contributed by atoms with Crippen LogP contribution >= 0.6 is 0 Å². The summed E-state index contributed by atoms with van der Waals surface area (Å²) in [6.45, 7) is 8.55. The second-order valence-electron chi connectivity index (χ2n) is 8.54. The second-order valence-corrected chi connectivity index (χ2v) is 8.54. The highest BCUT2D eigenvalue weighted by Crippen LogP contribution is 2.31. The van der Waals surface area contributed by atoms with E-state index in [1.165, 1.54) is 57.8 Å². The van der Waals surface area contributed by atoms with Gasteiger partial charge in [0.25, 0.3) is 0 Å². The minimum absolute atomic E-state index is 0.404. The van der Waals surface area contributed by atoms with Crippen molar-refractivity contribution < 1.29 is 5.11 Å². The van der Waals surface area contributed by atoms with Gasteiger partial charge in [-0.25, -0.2) is 0 Å². The van der Waals surface area contributed by atoms with Crippen molar-refractivity contribution in [2.45, 2.75) is 104 Å². The lowest BCUT2D eigenvalue weighted by molar-refractivity contribution is 0.0643. The van der Waals surface area contributed by atoms with Crippen molar-refractivity contribution in [3.63, 3.8) is 0 Å². The molecule has 1 fully saturated rings. The van der Waals surface area contributed by atoms with Gasteiger partial charge in [-0.15, -0.1) is 0 Å². The predicted octanol–water partition coefficient (Wildman–Crippen LogP) is 6.57. The highest BCUT2D eigenvalue weighted by atomic mass is 16.3. The highest BCUT2D eigenvalue weighted by molar-refractivity contribution is 5.13. The quantitative estimate of drug-likeness (QED) is 0.477. The molecule has 0 aromatic rings. The highest BCUT2D eigenvalue weighted by Gasteiger charge is 2.19. The number of rotatable bonds is 9. The topological polar surface area (TPSA) is 20.2 Å². The first-order valence-corrected chi connectivity index (χ1v) is 9.35. The molecule has 1 saturated carbocycles. The number of aliphatic hydroxyl groups is 1. The van der Waals surface area contributed by atoms with Gasteiger partial charge in [0.2, 0.25) is 0 Å². The van der Waals surface area contributed by atoms with Gasteiger partial charge in [-0.2, -0.15) is 0 Å². The van der Waals surface area contributed by atoms with Crippen molar-refractivity contribution >= 4 is 0 Å². The number of hydrogen-bond donors (Lipinski definition) is 1. The molecule has 128 valence electrons. The molecule has 1 heteroatoms. The summed E-state index contributed by atoms with van der Waals surface area (Å²) in [7, 11) is 0. The predicted molar refractivity (Wildman–Crippen MR) is 98.1 cm³/mol. The first kappa shape index (κ1) is 19.5. The van der Waals surface area contributed by atoms with E-state index in [0.29, 0.717) is 5.41 Å². The van der Waals surface area contributed by atoms with Crippen molar-refractivity contribution in [3.8, 4) is 0 Å². The first-order valence-electron chi connectivity index (χ1n) is 9.35. The van der Waals surface area contributed by atoms with E-state index >= 15 is 0 Å². The molecule has 0 radical (unpaired) electrons. The van der Waals surface area contributed by atoms with Crippen LogP contribution in [-0.4, -0.2) is 10.7 Å².